The molecule has 5 nitrogen and oxygen atoms in total. The van der Waals surface area contributed by atoms with Crippen LogP contribution in [0.25, 0.3) is 0 Å². The summed E-state index contributed by atoms with van der Waals surface area (Å²) in [5, 5.41) is 2.71. The maximum atomic E-state index is 12.3. The summed E-state index contributed by atoms with van der Waals surface area (Å²) in [6, 6.07) is -0.548. The summed E-state index contributed by atoms with van der Waals surface area (Å²) in [6.45, 7) is 0. The summed E-state index contributed by atoms with van der Waals surface area (Å²) >= 11 is 1.49. The van der Waals surface area contributed by atoms with Crippen molar-refractivity contribution in [2.45, 2.75) is 12.1 Å². The Morgan fingerprint density at radius 1 is 1.32 bits per heavy atom. The smallest absolute Gasteiger partial charge is 0.235 e. The molecule has 1 aromatic rings. The minimum absolute atomic E-state index is 0.153. The lowest BCUT2D eigenvalue weighted by Gasteiger charge is -2.25. The third-order valence-corrected chi connectivity index (χ3v) is 4.90. The van der Waals surface area contributed by atoms with Crippen molar-refractivity contribution in [2.75, 3.05) is 14.1 Å². The normalized spacial score (nSPS) is 34.7. The van der Waals surface area contributed by atoms with Crippen LogP contribution in [0.5, 0.6) is 0 Å². The van der Waals surface area contributed by atoms with Gasteiger partial charge in [0, 0.05) is 18.6 Å². The lowest BCUT2D eigenvalue weighted by molar-refractivity contribution is -0.139. The zero-order valence-corrected chi connectivity index (χ0v) is 11.4. The van der Waals surface area contributed by atoms with E-state index in [1.165, 1.54) is 23.3 Å². The lowest BCUT2D eigenvalue weighted by Crippen LogP contribution is -2.37. The molecular formula is C13H13N3O2S. The molecule has 0 spiro atoms. The number of hydrogen-bond donors (Lipinski definition) is 0. The van der Waals surface area contributed by atoms with Crippen LogP contribution in [-0.2, 0) is 9.59 Å². The molecular weight excluding hydrogens is 262 g/mol. The number of likely N-dealkylation sites (tertiary alicyclic amines) is 2. The molecule has 4 atom stereocenters. The Hall–Kier alpha value is -1.71. The van der Waals surface area contributed by atoms with Gasteiger partial charge in [-0.2, -0.15) is 0 Å². The van der Waals surface area contributed by atoms with E-state index < -0.39 is 11.8 Å². The largest absolute Gasteiger partial charge is 0.285 e. The van der Waals surface area contributed by atoms with Crippen LogP contribution in [0.4, 0.5) is 0 Å². The third kappa shape index (κ3) is 1.49. The molecule has 0 aliphatic carbocycles. The second-order valence-electron chi connectivity index (χ2n) is 4.88. The number of carbonyl (C=O) groups excluding carboxylic acids is 2. The van der Waals surface area contributed by atoms with Crippen LogP contribution < -0.4 is 0 Å². The maximum absolute atomic E-state index is 12.3. The average Bonchev–Trinajstić information content (AvgIpc) is 3.05. The Labute approximate surface area is 115 Å². The Morgan fingerprint density at radius 2 is 2.00 bits per heavy atom. The van der Waals surface area contributed by atoms with Gasteiger partial charge in [0.15, 0.2) is 0 Å². The topological polar surface area (TPSA) is 53.5 Å². The average molecular weight is 275 g/mol. The number of imide groups is 1. The van der Waals surface area contributed by atoms with Crippen LogP contribution in [0, 0.1) is 24.2 Å². The van der Waals surface area contributed by atoms with Gasteiger partial charge in [0.25, 0.3) is 0 Å². The van der Waals surface area contributed by atoms with E-state index in [2.05, 4.69) is 10.9 Å². The molecule has 0 bridgehead atoms. The summed E-state index contributed by atoms with van der Waals surface area (Å²) in [5.74, 6) is 1.47. The van der Waals surface area contributed by atoms with Gasteiger partial charge in [-0.05, 0) is 7.05 Å². The van der Waals surface area contributed by atoms with Gasteiger partial charge in [0.05, 0.1) is 23.9 Å². The number of rotatable bonds is 1. The fourth-order valence-electron chi connectivity index (χ4n) is 3.14. The number of nitrogens with zero attached hydrogens (tertiary/aromatic N) is 3. The Bertz CT molecular complexity index is 577. The van der Waals surface area contributed by atoms with Gasteiger partial charge >= 0.3 is 0 Å². The van der Waals surface area contributed by atoms with Crippen molar-refractivity contribution < 1.29 is 9.59 Å². The minimum Gasteiger partial charge on any atom is -0.285 e. The van der Waals surface area contributed by atoms with Gasteiger partial charge in [-0.15, -0.1) is 17.8 Å². The molecule has 2 amide bonds. The van der Waals surface area contributed by atoms with Gasteiger partial charge < -0.3 is 0 Å². The highest BCUT2D eigenvalue weighted by atomic mass is 32.1. The van der Waals surface area contributed by atoms with E-state index >= 15 is 0 Å². The number of amides is 2. The maximum Gasteiger partial charge on any atom is 0.235 e. The second kappa shape index (κ2) is 4.15. The number of terminal acetylenes is 1. The molecule has 2 saturated heterocycles. The first-order chi connectivity index (χ1) is 9.07. The standard InChI is InChI=1S/C13H13N3O2S/c1-4-7-8-9(13(18)16(3)12(8)17)10(15(7)2)11-14-5-6-19-11/h1,5-10H,2-3H3/t7-,8-,9-,10+/m0/s1. The van der Waals surface area contributed by atoms with Crippen LogP contribution >= 0.6 is 11.3 Å². The van der Waals surface area contributed by atoms with Crippen molar-refractivity contribution in [3.63, 3.8) is 0 Å². The van der Waals surface area contributed by atoms with Gasteiger partial charge in [-0.25, -0.2) is 4.98 Å². The van der Waals surface area contributed by atoms with Gasteiger partial charge in [-0.3, -0.25) is 19.4 Å². The van der Waals surface area contributed by atoms with Crippen LogP contribution in [0.15, 0.2) is 11.6 Å². The van der Waals surface area contributed by atoms with Crippen molar-refractivity contribution in [1.82, 2.24) is 14.8 Å². The predicted octanol–water partition coefficient (Wildman–Crippen LogP) is 0.362. The molecule has 98 valence electrons. The molecule has 2 aliphatic rings. The molecule has 0 unspecified atom stereocenters. The first-order valence-electron chi connectivity index (χ1n) is 5.96. The summed E-state index contributed by atoms with van der Waals surface area (Å²) in [7, 11) is 3.38. The van der Waals surface area contributed by atoms with E-state index in [0.717, 1.165) is 5.01 Å². The molecule has 3 heterocycles. The zero-order valence-electron chi connectivity index (χ0n) is 10.6. The molecule has 0 saturated carbocycles. The number of thiazole rings is 1. The van der Waals surface area contributed by atoms with E-state index in [-0.39, 0.29) is 23.9 Å². The molecule has 0 radical (unpaired) electrons. The number of fused-ring (bicyclic) bond motifs is 1. The molecule has 19 heavy (non-hydrogen) atoms. The Balaban J connectivity index is 2.10. The summed E-state index contributed by atoms with van der Waals surface area (Å²) in [5.41, 5.74) is 0. The van der Waals surface area contributed by atoms with E-state index in [0.29, 0.717) is 0 Å². The highest BCUT2D eigenvalue weighted by molar-refractivity contribution is 7.09. The second-order valence-corrected chi connectivity index (χ2v) is 5.81. The van der Waals surface area contributed by atoms with Crippen LogP contribution in [0.3, 0.4) is 0 Å². The first kappa shape index (κ1) is 12.3. The van der Waals surface area contributed by atoms with Crippen LogP contribution in [0.2, 0.25) is 0 Å². The van der Waals surface area contributed by atoms with Crippen molar-refractivity contribution >= 4 is 23.2 Å². The Morgan fingerprint density at radius 3 is 2.58 bits per heavy atom. The fraction of sp³-hybridized carbons (Fsp3) is 0.462. The summed E-state index contributed by atoms with van der Waals surface area (Å²) in [4.78, 5) is 31.9. The molecule has 2 aliphatic heterocycles. The Kier molecular flexibility index (Phi) is 2.69. The third-order valence-electron chi connectivity index (χ3n) is 4.05. The van der Waals surface area contributed by atoms with Crippen LogP contribution in [-0.4, -0.2) is 46.7 Å². The summed E-state index contributed by atoms with van der Waals surface area (Å²) in [6.07, 6.45) is 7.26. The first-order valence-corrected chi connectivity index (χ1v) is 6.84. The molecule has 1 aromatic heterocycles. The van der Waals surface area contributed by atoms with Crippen molar-refractivity contribution in [3.8, 4) is 12.3 Å². The zero-order chi connectivity index (χ0) is 13.7. The summed E-state index contributed by atoms with van der Waals surface area (Å²) < 4.78 is 0. The van der Waals surface area contributed by atoms with Crippen LogP contribution in [0.1, 0.15) is 11.0 Å². The van der Waals surface area contributed by atoms with E-state index in [9.17, 15) is 9.59 Å². The van der Waals surface area contributed by atoms with E-state index in [1.54, 1.807) is 6.20 Å². The predicted molar refractivity (Wildman–Crippen MR) is 70.0 cm³/mol. The van der Waals surface area contributed by atoms with Gasteiger partial charge in [0.2, 0.25) is 11.8 Å². The van der Waals surface area contributed by atoms with Gasteiger partial charge in [-0.1, -0.05) is 5.92 Å². The lowest BCUT2D eigenvalue weighted by atomic mass is 9.90. The van der Waals surface area contributed by atoms with Gasteiger partial charge in [0.1, 0.15) is 5.01 Å². The molecule has 0 N–H and O–H groups in total. The highest BCUT2D eigenvalue weighted by Crippen LogP contribution is 2.48. The SMILES string of the molecule is C#C[C@H]1[C@@H]2C(=O)N(C)C(=O)[C@@H]2[C@H](c2nccs2)N1C. The van der Waals surface area contributed by atoms with E-state index in [1.807, 2.05) is 17.3 Å². The molecule has 2 fully saturated rings. The monoisotopic (exact) mass is 275 g/mol. The highest BCUT2D eigenvalue weighted by Gasteiger charge is 2.60. The molecule has 6 heteroatoms. The number of hydrogen-bond acceptors (Lipinski definition) is 5. The van der Waals surface area contributed by atoms with Crippen molar-refractivity contribution in [1.29, 1.82) is 0 Å². The molecule has 0 aromatic carbocycles. The quantitative estimate of drug-likeness (QED) is 0.548. The molecule has 3 rings (SSSR count). The van der Waals surface area contributed by atoms with Crippen molar-refractivity contribution in [2.24, 2.45) is 11.8 Å². The number of carbonyl (C=O) groups is 2. The fourth-order valence-corrected chi connectivity index (χ4v) is 3.97. The van der Waals surface area contributed by atoms with E-state index in [4.69, 9.17) is 6.42 Å². The van der Waals surface area contributed by atoms with Crippen molar-refractivity contribution in [3.05, 3.63) is 16.6 Å². The number of aromatic nitrogens is 1. The minimum atomic E-state index is -0.443.